The number of ether oxygens (including phenoxy) is 1. The molecule has 0 radical (unpaired) electrons. The molecule has 1 fully saturated rings. The molecule has 24 heavy (non-hydrogen) atoms. The SMILES string of the molecule is CC(C)(C)OC(=O)N1CCC(Cc2nc3cc(Br)ccc3s2)CC1. The summed E-state index contributed by atoms with van der Waals surface area (Å²) < 4.78 is 7.76. The Morgan fingerprint density at radius 2 is 2.08 bits per heavy atom. The summed E-state index contributed by atoms with van der Waals surface area (Å²) in [5.74, 6) is 0.590. The van der Waals surface area contributed by atoms with E-state index in [9.17, 15) is 4.79 Å². The van der Waals surface area contributed by atoms with Gasteiger partial charge in [-0.3, -0.25) is 0 Å². The van der Waals surface area contributed by atoms with E-state index < -0.39 is 5.60 Å². The van der Waals surface area contributed by atoms with Gasteiger partial charge in [-0.05, 0) is 57.7 Å². The lowest BCUT2D eigenvalue weighted by atomic mass is 9.94. The van der Waals surface area contributed by atoms with Crippen molar-refractivity contribution >= 4 is 43.6 Å². The van der Waals surface area contributed by atoms with Crippen molar-refractivity contribution in [3.8, 4) is 0 Å². The molecular formula is C18H23BrN2O2S. The first-order valence-electron chi connectivity index (χ1n) is 8.33. The molecule has 0 N–H and O–H groups in total. The van der Waals surface area contributed by atoms with Crippen LogP contribution in [0.1, 0.15) is 38.6 Å². The van der Waals surface area contributed by atoms with Gasteiger partial charge in [-0.25, -0.2) is 9.78 Å². The van der Waals surface area contributed by atoms with Crippen molar-refractivity contribution in [1.29, 1.82) is 0 Å². The zero-order valence-electron chi connectivity index (χ0n) is 14.3. The Hall–Kier alpha value is -1.14. The molecular weight excluding hydrogens is 388 g/mol. The van der Waals surface area contributed by atoms with Gasteiger partial charge in [0.05, 0.1) is 15.2 Å². The van der Waals surface area contributed by atoms with E-state index >= 15 is 0 Å². The number of carbonyl (C=O) groups excluding carboxylic acids is 1. The van der Waals surface area contributed by atoms with Crippen LogP contribution in [0.25, 0.3) is 10.2 Å². The fourth-order valence-electron chi connectivity index (χ4n) is 2.93. The highest BCUT2D eigenvalue weighted by Gasteiger charge is 2.27. The third-order valence-electron chi connectivity index (χ3n) is 4.12. The minimum absolute atomic E-state index is 0.189. The smallest absolute Gasteiger partial charge is 0.410 e. The molecule has 1 aliphatic rings. The Bertz CT molecular complexity index is 730. The Kier molecular flexibility index (Phi) is 5.16. The maximum atomic E-state index is 12.1. The first-order valence-corrected chi connectivity index (χ1v) is 9.94. The predicted molar refractivity (Wildman–Crippen MR) is 102 cm³/mol. The van der Waals surface area contributed by atoms with Gasteiger partial charge in [-0.1, -0.05) is 15.9 Å². The zero-order chi connectivity index (χ0) is 17.3. The van der Waals surface area contributed by atoms with Crippen molar-refractivity contribution in [3.63, 3.8) is 0 Å². The maximum Gasteiger partial charge on any atom is 0.410 e. The molecule has 1 amide bonds. The van der Waals surface area contributed by atoms with E-state index in [0.717, 1.165) is 42.3 Å². The number of rotatable bonds is 2. The molecule has 3 rings (SSSR count). The number of piperidine rings is 1. The Labute approximate surface area is 155 Å². The second-order valence-electron chi connectivity index (χ2n) is 7.33. The van der Waals surface area contributed by atoms with Crippen LogP contribution in [0.3, 0.4) is 0 Å². The summed E-state index contributed by atoms with van der Waals surface area (Å²) in [6.07, 6.45) is 2.84. The molecule has 130 valence electrons. The number of thiazole rings is 1. The largest absolute Gasteiger partial charge is 0.444 e. The van der Waals surface area contributed by atoms with E-state index in [2.05, 4.69) is 34.1 Å². The number of hydrogen-bond donors (Lipinski definition) is 0. The second kappa shape index (κ2) is 7.00. The summed E-state index contributed by atoms with van der Waals surface area (Å²) in [6, 6.07) is 6.25. The summed E-state index contributed by atoms with van der Waals surface area (Å²) in [5.41, 5.74) is 0.638. The van der Waals surface area contributed by atoms with Gasteiger partial charge >= 0.3 is 6.09 Å². The molecule has 0 atom stereocenters. The lowest BCUT2D eigenvalue weighted by molar-refractivity contribution is 0.0184. The lowest BCUT2D eigenvalue weighted by Gasteiger charge is -2.33. The van der Waals surface area contributed by atoms with Crippen molar-refractivity contribution in [2.45, 2.75) is 45.6 Å². The summed E-state index contributed by atoms with van der Waals surface area (Å²) in [7, 11) is 0. The van der Waals surface area contributed by atoms with Crippen LogP contribution in [-0.4, -0.2) is 34.7 Å². The fraction of sp³-hybridized carbons (Fsp3) is 0.556. The molecule has 0 saturated carbocycles. The molecule has 0 unspecified atom stereocenters. The summed E-state index contributed by atoms with van der Waals surface area (Å²) in [4.78, 5) is 18.7. The van der Waals surface area contributed by atoms with Crippen LogP contribution in [0.4, 0.5) is 4.79 Å². The molecule has 1 saturated heterocycles. The molecule has 1 aliphatic heterocycles. The summed E-state index contributed by atoms with van der Waals surface area (Å²) in [6.45, 7) is 7.27. The molecule has 2 heterocycles. The number of carbonyl (C=O) groups is 1. The normalized spacial score (nSPS) is 16.6. The van der Waals surface area contributed by atoms with Crippen LogP contribution in [0.5, 0.6) is 0 Å². The third-order valence-corrected chi connectivity index (χ3v) is 5.68. The van der Waals surface area contributed by atoms with E-state index in [1.165, 1.54) is 9.71 Å². The van der Waals surface area contributed by atoms with Crippen molar-refractivity contribution in [1.82, 2.24) is 9.88 Å². The highest BCUT2D eigenvalue weighted by molar-refractivity contribution is 9.10. The first kappa shape index (κ1) is 17.7. The molecule has 1 aromatic heterocycles. The van der Waals surface area contributed by atoms with Crippen molar-refractivity contribution in [2.24, 2.45) is 5.92 Å². The monoisotopic (exact) mass is 410 g/mol. The minimum Gasteiger partial charge on any atom is -0.444 e. The van der Waals surface area contributed by atoms with Gasteiger partial charge in [-0.2, -0.15) is 0 Å². The maximum absolute atomic E-state index is 12.1. The van der Waals surface area contributed by atoms with E-state index in [4.69, 9.17) is 9.72 Å². The number of aromatic nitrogens is 1. The van der Waals surface area contributed by atoms with Gasteiger partial charge < -0.3 is 9.64 Å². The number of halogens is 1. The number of likely N-dealkylation sites (tertiary alicyclic amines) is 1. The van der Waals surface area contributed by atoms with Crippen molar-refractivity contribution < 1.29 is 9.53 Å². The number of benzene rings is 1. The second-order valence-corrected chi connectivity index (χ2v) is 9.37. The molecule has 2 aromatic rings. The third kappa shape index (κ3) is 4.48. The fourth-order valence-corrected chi connectivity index (χ4v) is 4.34. The average molecular weight is 411 g/mol. The molecule has 1 aromatic carbocycles. The predicted octanol–water partition coefficient (Wildman–Crippen LogP) is 5.25. The topological polar surface area (TPSA) is 42.4 Å². The molecule has 4 nitrogen and oxygen atoms in total. The quantitative estimate of drug-likeness (QED) is 0.678. The van der Waals surface area contributed by atoms with Crippen LogP contribution in [0, 0.1) is 5.92 Å². The Balaban J connectivity index is 1.55. The van der Waals surface area contributed by atoms with Crippen molar-refractivity contribution in [2.75, 3.05) is 13.1 Å². The number of fused-ring (bicyclic) bond motifs is 1. The molecule has 0 aliphatic carbocycles. The van der Waals surface area contributed by atoms with Gasteiger partial charge in [-0.15, -0.1) is 11.3 Å². The van der Waals surface area contributed by atoms with Gasteiger partial charge in [0.1, 0.15) is 5.60 Å². The Morgan fingerprint density at radius 3 is 2.75 bits per heavy atom. The van der Waals surface area contributed by atoms with Crippen LogP contribution in [0.15, 0.2) is 22.7 Å². The van der Waals surface area contributed by atoms with Gasteiger partial charge in [0.2, 0.25) is 0 Å². The highest BCUT2D eigenvalue weighted by Crippen LogP contribution is 2.29. The summed E-state index contributed by atoms with van der Waals surface area (Å²) in [5, 5.41) is 1.19. The van der Waals surface area contributed by atoms with Gasteiger partial charge in [0.15, 0.2) is 0 Å². The molecule has 6 heteroatoms. The van der Waals surface area contributed by atoms with E-state index in [1.807, 2.05) is 25.7 Å². The summed E-state index contributed by atoms with van der Waals surface area (Å²) >= 11 is 5.27. The minimum atomic E-state index is -0.427. The average Bonchev–Trinajstić information content (AvgIpc) is 2.87. The number of hydrogen-bond acceptors (Lipinski definition) is 4. The van der Waals surface area contributed by atoms with E-state index in [-0.39, 0.29) is 6.09 Å². The lowest BCUT2D eigenvalue weighted by Crippen LogP contribution is -2.42. The highest BCUT2D eigenvalue weighted by atomic mass is 79.9. The number of nitrogens with zero attached hydrogens (tertiary/aromatic N) is 2. The van der Waals surface area contributed by atoms with E-state index in [0.29, 0.717) is 5.92 Å². The standard InChI is InChI=1S/C18H23BrN2O2S/c1-18(2,3)23-17(22)21-8-6-12(7-9-21)10-16-20-14-11-13(19)4-5-15(14)24-16/h4-5,11-12H,6-10H2,1-3H3. The van der Waals surface area contributed by atoms with Crippen molar-refractivity contribution in [3.05, 3.63) is 27.7 Å². The molecule has 0 spiro atoms. The first-order chi connectivity index (χ1) is 11.3. The zero-order valence-corrected chi connectivity index (χ0v) is 16.7. The number of amides is 1. The van der Waals surface area contributed by atoms with Gasteiger partial charge in [0.25, 0.3) is 0 Å². The van der Waals surface area contributed by atoms with Gasteiger partial charge in [0, 0.05) is 24.0 Å². The van der Waals surface area contributed by atoms with Crippen LogP contribution in [0.2, 0.25) is 0 Å². The van der Waals surface area contributed by atoms with Crippen LogP contribution in [-0.2, 0) is 11.2 Å². The van der Waals surface area contributed by atoms with Crippen LogP contribution >= 0.6 is 27.3 Å². The van der Waals surface area contributed by atoms with Crippen LogP contribution < -0.4 is 0 Å². The Morgan fingerprint density at radius 1 is 1.38 bits per heavy atom. The van der Waals surface area contributed by atoms with E-state index in [1.54, 1.807) is 11.3 Å². The molecule has 0 bridgehead atoms.